The van der Waals surface area contributed by atoms with Gasteiger partial charge in [0.25, 0.3) is 0 Å². The first-order valence-electron chi connectivity index (χ1n) is 6.33. The Hall–Kier alpha value is -1.83. The average Bonchev–Trinajstić information content (AvgIpc) is 2.40. The van der Waals surface area contributed by atoms with Crippen LogP contribution in [0.3, 0.4) is 0 Å². The first-order chi connectivity index (χ1) is 8.78. The minimum absolute atomic E-state index is 0.167. The molecule has 0 aliphatic heterocycles. The van der Waals surface area contributed by atoms with Gasteiger partial charge in [0.05, 0.1) is 5.76 Å². The van der Waals surface area contributed by atoms with Gasteiger partial charge >= 0.3 is 0 Å². The van der Waals surface area contributed by atoms with Gasteiger partial charge in [-0.3, -0.25) is 4.79 Å². The molecule has 0 saturated carbocycles. The van der Waals surface area contributed by atoms with Crippen molar-refractivity contribution in [1.29, 1.82) is 0 Å². The van der Waals surface area contributed by atoms with Crippen LogP contribution in [-0.2, 0) is 11.2 Å². The molecule has 1 atom stereocenters. The molecule has 2 nitrogen and oxygen atoms in total. The molecule has 0 aromatic heterocycles. The maximum atomic E-state index is 10.7. The van der Waals surface area contributed by atoms with Crippen molar-refractivity contribution in [3.63, 3.8) is 0 Å². The molecule has 0 saturated heterocycles. The Bertz CT molecular complexity index is 460. The van der Waals surface area contributed by atoms with Crippen molar-refractivity contribution in [1.82, 2.24) is 0 Å². The van der Waals surface area contributed by atoms with Gasteiger partial charge in [-0.15, -0.1) is 0 Å². The Morgan fingerprint density at radius 2 is 2.39 bits per heavy atom. The lowest BCUT2D eigenvalue weighted by Crippen LogP contribution is -2.12. The highest BCUT2D eigenvalue weighted by Gasteiger charge is 2.10. The number of aldehydes is 1. The molecule has 0 bridgehead atoms. The van der Waals surface area contributed by atoms with Gasteiger partial charge in [0, 0.05) is 12.0 Å². The summed E-state index contributed by atoms with van der Waals surface area (Å²) in [6.45, 7) is 3.96. The van der Waals surface area contributed by atoms with Crippen molar-refractivity contribution in [2.75, 3.05) is 0 Å². The standard InChI is InChI=1S/C16H18O2/c1-13(18-16-8-3-2-4-9-16)10-14-6-5-7-15(11-14)12-17/h3,5-8,11-12,16H,1-2,4,9-10H2. The fourth-order valence-electron chi connectivity index (χ4n) is 2.14. The second-order valence-electron chi connectivity index (χ2n) is 4.59. The molecule has 1 aliphatic rings. The quantitative estimate of drug-likeness (QED) is 0.447. The monoisotopic (exact) mass is 242 g/mol. The third kappa shape index (κ3) is 3.59. The molecule has 1 aromatic carbocycles. The van der Waals surface area contributed by atoms with Crippen molar-refractivity contribution in [3.8, 4) is 0 Å². The van der Waals surface area contributed by atoms with Crippen molar-refractivity contribution >= 4 is 6.29 Å². The lowest BCUT2D eigenvalue weighted by molar-refractivity contribution is 0.112. The average molecular weight is 242 g/mol. The number of rotatable bonds is 5. The molecule has 0 spiro atoms. The maximum Gasteiger partial charge on any atom is 0.150 e. The highest BCUT2D eigenvalue weighted by Crippen LogP contribution is 2.18. The second-order valence-corrected chi connectivity index (χ2v) is 4.59. The van der Waals surface area contributed by atoms with E-state index in [9.17, 15) is 4.79 Å². The van der Waals surface area contributed by atoms with Crippen LogP contribution in [0.4, 0.5) is 0 Å². The molecule has 2 rings (SSSR count). The van der Waals surface area contributed by atoms with Gasteiger partial charge in [-0.05, 0) is 37.0 Å². The summed E-state index contributed by atoms with van der Waals surface area (Å²) in [5.74, 6) is 0.759. The van der Waals surface area contributed by atoms with Crippen LogP contribution >= 0.6 is 0 Å². The van der Waals surface area contributed by atoms with Gasteiger partial charge in [-0.1, -0.05) is 30.9 Å². The van der Waals surface area contributed by atoms with Gasteiger partial charge in [0.1, 0.15) is 12.4 Å². The molecule has 2 heteroatoms. The van der Waals surface area contributed by atoms with E-state index in [0.29, 0.717) is 12.0 Å². The van der Waals surface area contributed by atoms with Gasteiger partial charge in [-0.25, -0.2) is 0 Å². The van der Waals surface area contributed by atoms with E-state index < -0.39 is 0 Å². The van der Waals surface area contributed by atoms with E-state index in [0.717, 1.165) is 30.5 Å². The van der Waals surface area contributed by atoms with Crippen LogP contribution in [0.25, 0.3) is 0 Å². The summed E-state index contributed by atoms with van der Waals surface area (Å²) in [5.41, 5.74) is 1.75. The van der Waals surface area contributed by atoms with Crippen LogP contribution in [-0.4, -0.2) is 12.4 Å². The Morgan fingerprint density at radius 3 is 3.11 bits per heavy atom. The molecule has 1 aromatic rings. The van der Waals surface area contributed by atoms with E-state index >= 15 is 0 Å². The molecular formula is C16H18O2. The van der Waals surface area contributed by atoms with E-state index in [1.807, 2.05) is 18.2 Å². The summed E-state index contributed by atoms with van der Waals surface area (Å²) in [6.07, 6.45) is 9.33. The van der Waals surface area contributed by atoms with Crippen molar-refractivity contribution in [3.05, 3.63) is 59.9 Å². The Kier molecular flexibility index (Phi) is 4.35. The van der Waals surface area contributed by atoms with E-state index in [-0.39, 0.29) is 6.10 Å². The number of carbonyl (C=O) groups is 1. The van der Waals surface area contributed by atoms with E-state index in [1.165, 1.54) is 6.42 Å². The zero-order chi connectivity index (χ0) is 12.8. The third-order valence-electron chi connectivity index (χ3n) is 3.02. The van der Waals surface area contributed by atoms with Crippen LogP contribution in [0.1, 0.15) is 35.2 Å². The number of carbonyl (C=O) groups excluding carboxylic acids is 1. The van der Waals surface area contributed by atoms with E-state index in [1.54, 1.807) is 6.07 Å². The number of hydrogen-bond acceptors (Lipinski definition) is 2. The lowest BCUT2D eigenvalue weighted by atomic mass is 10.0. The lowest BCUT2D eigenvalue weighted by Gasteiger charge is -2.20. The molecule has 94 valence electrons. The normalized spacial score (nSPS) is 18.3. The van der Waals surface area contributed by atoms with Gasteiger partial charge in [0.2, 0.25) is 0 Å². The van der Waals surface area contributed by atoms with Crippen molar-refractivity contribution in [2.24, 2.45) is 0 Å². The fraction of sp³-hybridized carbons (Fsp3) is 0.312. The molecule has 0 heterocycles. The van der Waals surface area contributed by atoms with Gasteiger partial charge < -0.3 is 4.74 Å². The zero-order valence-corrected chi connectivity index (χ0v) is 10.5. The van der Waals surface area contributed by atoms with Crippen LogP contribution < -0.4 is 0 Å². The number of allylic oxidation sites excluding steroid dienone is 2. The van der Waals surface area contributed by atoms with Gasteiger partial charge in [-0.2, -0.15) is 0 Å². The smallest absolute Gasteiger partial charge is 0.150 e. The number of hydrogen-bond donors (Lipinski definition) is 0. The minimum atomic E-state index is 0.167. The van der Waals surface area contributed by atoms with Crippen molar-refractivity contribution < 1.29 is 9.53 Å². The fourth-order valence-corrected chi connectivity index (χ4v) is 2.14. The first kappa shape index (κ1) is 12.6. The predicted octanol–water partition coefficient (Wildman–Crippen LogP) is 3.68. The highest BCUT2D eigenvalue weighted by atomic mass is 16.5. The largest absolute Gasteiger partial charge is 0.491 e. The minimum Gasteiger partial charge on any atom is -0.491 e. The highest BCUT2D eigenvalue weighted by molar-refractivity contribution is 5.74. The van der Waals surface area contributed by atoms with Crippen LogP contribution in [0.15, 0.2) is 48.8 Å². The molecule has 0 N–H and O–H groups in total. The van der Waals surface area contributed by atoms with Crippen LogP contribution in [0.5, 0.6) is 0 Å². The zero-order valence-electron chi connectivity index (χ0n) is 10.5. The molecule has 0 radical (unpaired) electrons. The predicted molar refractivity (Wildman–Crippen MR) is 72.5 cm³/mol. The molecule has 0 fully saturated rings. The molecular weight excluding hydrogens is 224 g/mol. The van der Waals surface area contributed by atoms with Crippen LogP contribution in [0.2, 0.25) is 0 Å². The Morgan fingerprint density at radius 1 is 1.50 bits per heavy atom. The first-order valence-corrected chi connectivity index (χ1v) is 6.33. The summed E-state index contributed by atoms with van der Waals surface area (Å²) >= 11 is 0. The Balaban J connectivity index is 1.91. The third-order valence-corrected chi connectivity index (χ3v) is 3.02. The summed E-state index contributed by atoms with van der Waals surface area (Å²) in [6, 6.07) is 7.54. The van der Waals surface area contributed by atoms with E-state index in [2.05, 4.69) is 18.7 Å². The van der Waals surface area contributed by atoms with Crippen molar-refractivity contribution in [2.45, 2.75) is 31.8 Å². The molecule has 18 heavy (non-hydrogen) atoms. The second kappa shape index (κ2) is 6.20. The van der Waals surface area contributed by atoms with Gasteiger partial charge in [0.15, 0.2) is 0 Å². The maximum absolute atomic E-state index is 10.7. The Labute approximate surface area is 108 Å². The number of benzene rings is 1. The van der Waals surface area contributed by atoms with Crippen LogP contribution in [0, 0.1) is 0 Å². The summed E-state index contributed by atoms with van der Waals surface area (Å²) in [7, 11) is 0. The summed E-state index contributed by atoms with van der Waals surface area (Å²) in [5, 5.41) is 0. The molecule has 1 unspecified atom stereocenters. The van der Waals surface area contributed by atoms with E-state index in [4.69, 9.17) is 4.74 Å². The number of ether oxygens (including phenoxy) is 1. The molecule has 1 aliphatic carbocycles. The topological polar surface area (TPSA) is 26.3 Å². The molecule has 0 amide bonds. The summed E-state index contributed by atoms with van der Waals surface area (Å²) in [4.78, 5) is 10.7. The SMILES string of the molecule is C=C(Cc1cccc(C=O)c1)OC1C=CCCC1. The summed E-state index contributed by atoms with van der Waals surface area (Å²) < 4.78 is 5.80.